The van der Waals surface area contributed by atoms with E-state index in [1.165, 1.54) is 4.57 Å². The Labute approximate surface area is 130 Å². The third kappa shape index (κ3) is 3.26. The van der Waals surface area contributed by atoms with Crippen molar-refractivity contribution in [2.75, 3.05) is 0 Å². The number of aromatic nitrogens is 1. The van der Waals surface area contributed by atoms with Crippen LogP contribution in [0.1, 0.15) is 26.3 Å². The third-order valence-corrected chi connectivity index (χ3v) is 3.65. The second kappa shape index (κ2) is 5.52. The number of rotatable bonds is 2. The molecule has 1 N–H and O–H groups in total. The number of hydrogen-bond donors (Lipinski definition) is 1. The normalized spacial score (nSPS) is 11.6. The Hall–Kier alpha value is -1.82. The molecule has 1 aromatic carbocycles. The molecule has 2 rings (SSSR count). The molecule has 5 nitrogen and oxygen atoms in total. The summed E-state index contributed by atoms with van der Waals surface area (Å²) in [7, 11) is 0. The summed E-state index contributed by atoms with van der Waals surface area (Å²) in [5.74, 6) is -0.956. The monoisotopic (exact) mass is 353 g/mol. The molecule has 0 saturated carbocycles. The number of halogens is 1. The largest absolute Gasteiger partial charge is 0.481 e. The summed E-state index contributed by atoms with van der Waals surface area (Å²) < 4.78 is 7.15. The Balaban J connectivity index is 2.61. The predicted octanol–water partition coefficient (Wildman–Crippen LogP) is 3.81. The van der Waals surface area contributed by atoms with Crippen molar-refractivity contribution in [2.45, 2.75) is 32.8 Å². The minimum atomic E-state index is -0.956. The molecule has 6 heteroatoms. The molecule has 0 unspecified atom stereocenters. The number of carbonyl (C=O) groups is 2. The molecule has 0 bridgehead atoms. The van der Waals surface area contributed by atoms with Crippen LogP contribution in [0.25, 0.3) is 10.9 Å². The first kappa shape index (κ1) is 15.6. The van der Waals surface area contributed by atoms with Crippen molar-refractivity contribution in [1.82, 2.24) is 4.57 Å². The molecule has 0 aliphatic rings. The Morgan fingerprint density at radius 3 is 2.48 bits per heavy atom. The average molecular weight is 354 g/mol. The lowest BCUT2D eigenvalue weighted by molar-refractivity contribution is -0.136. The summed E-state index contributed by atoms with van der Waals surface area (Å²) >= 11 is 3.33. The summed E-state index contributed by atoms with van der Waals surface area (Å²) in [5, 5.41) is 9.76. The van der Waals surface area contributed by atoms with Gasteiger partial charge in [0.1, 0.15) is 5.60 Å². The topological polar surface area (TPSA) is 68.5 Å². The SMILES string of the molecule is CC(C)(C)OC(=O)n1c(Br)c(CC(=O)O)c2ccccc21. The van der Waals surface area contributed by atoms with Crippen LogP contribution in [0, 0.1) is 0 Å². The maximum atomic E-state index is 12.4. The number of benzene rings is 1. The van der Waals surface area contributed by atoms with E-state index in [4.69, 9.17) is 9.84 Å². The Morgan fingerprint density at radius 1 is 1.29 bits per heavy atom. The number of ether oxygens (including phenoxy) is 1. The van der Waals surface area contributed by atoms with Gasteiger partial charge in [-0.25, -0.2) is 9.36 Å². The van der Waals surface area contributed by atoms with Gasteiger partial charge in [-0.2, -0.15) is 0 Å². The number of para-hydroxylation sites is 1. The van der Waals surface area contributed by atoms with Crippen LogP contribution >= 0.6 is 15.9 Å². The standard InChI is InChI=1S/C15H16BrNO4/c1-15(2,3)21-14(20)17-11-7-5-4-6-9(11)10(13(17)16)8-12(18)19/h4-7H,8H2,1-3H3,(H,18,19). The zero-order chi connectivity index (χ0) is 15.8. The smallest absolute Gasteiger partial charge is 0.419 e. The maximum Gasteiger partial charge on any atom is 0.419 e. The molecule has 1 aromatic heterocycles. The summed E-state index contributed by atoms with van der Waals surface area (Å²) in [6.45, 7) is 5.34. The van der Waals surface area contributed by atoms with Crippen LogP contribution in [-0.2, 0) is 16.0 Å². The Kier molecular flexibility index (Phi) is 4.09. The molecule has 0 aliphatic heterocycles. The molecule has 0 aliphatic carbocycles. The number of carboxylic acids is 1. The Bertz CT molecular complexity index is 712. The fourth-order valence-electron chi connectivity index (χ4n) is 2.08. The molecular formula is C15H16BrNO4. The molecule has 0 saturated heterocycles. The quantitative estimate of drug-likeness (QED) is 0.890. The van der Waals surface area contributed by atoms with Crippen molar-refractivity contribution in [3.63, 3.8) is 0 Å². The first-order chi connectivity index (χ1) is 9.70. The zero-order valence-corrected chi connectivity index (χ0v) is 13.6. The summed E-state index contributed by atoms with van der Waals surface area (Å²) in [4.78, 5) is 23.4. The highest BCUT2D eigenvalue weighted by Gasteiger charge is 2.25. The molecule has 1 heterocycles. The number of nitrogens with zero attached hydrogens (tertiary/aromatic N) is 1. The highest BCUT2D eigenvalue weighted by Crippen LogP contribution is 2.31. The molecule has 0 spiro atoms. The fraction of sp³-hybridized carbons (Fsp3) is 0.333. The lowest BCUT2D eigenvalue weighted by Gasteiger charge is -2.20. The summed E-state index contributed by atoms with van der Waals surface area (Å²) in [6.07, 6.45) is -0.709. The van der Waals surface area contributed by atoms with Gasteiger partial charge in [-0.1, -0.05) is 18.2 Å². The van der Waals surface area contributed by atoms with Gasteiger partial charge in [0.2, 0.25) is 0 Å². The third-order valence-electron chi connectivity index (χ3n) is 2.82. The first-order valence-electron chi connectivity index (χ1n) is 6.43. The van der Waals surface area contributed by atoms with Crippen LogP contribution in [0.2, 0.25) is 0 Å². The molecule has 0 atom stereocenters. The van der Waals surface area contributed by atoms with Crippen molar-refractivity contribution >= 4 is 38.9 Å². The fourth-order valence-corrected chi connectivity index (χ4v) is 2.77. The predicted molar refractivity (Wildman–Crippen MR) is 82.6 cm³/mol. The van der Waals surface area contributed by atoms with Gasteiger partial charge in [-0.15, -0.1) is 0 Å². The van der Waals surface area contributed by atoms with Crippen LogP contribution in [0.15, 0.2) is 28.9 Å². The van der Waals surface area contributed by atoms with E-state index in [9.17, 15) is 9.59 Å². The minimum absolute atomic E-state index is 0.170. The molecule has 0 amide bonds. The van der Waals surface area contributed by atoms with Gasteiger partial charge >= 0.3 is 12.1 Å². The second-order valence-electron chi connectivity index (χ2n) is 5.67. The lowest BCUT2D eigenvalue weighted by atomic mass is 10.1. The van der Waals surface area contributed by atoms with Crippen molar-refractivity contribution < 1.29 is 19.4 Å². The van der Waals surface area contributed by atoms with Crippen LogP contribution in [0.3, 0.4) is 0 Å². The maximum absolute atomic E-state index is 12.4. The molecule has 2 aromatic rings. The summed E-state index contributed by atoms with van der Waals surface area (Å²) in [6, 6.07) is 7.15. The number of hydrogen-bond acceptors (Lipinski definition) is 3. The van der Waals surface area contributed by atoms with Crippen LogP contribution in [0.4, 0.5) is 4.79 Å². The molecule has 21 heavy (non-hydrogen) atoms. The van der Waals surface area contributed by atoms with E-state index < -0.39 is 17.7 Å². The highest BCUT2D eigenvalue weighted by atomic mass is 79.9. The first-order valence-corrected chi connectivity index (χ1v) is 7.23. The van der Waals surface area contributed by atoms with Crippen LogP contribution in [-0.4, -0.2) is 27.3 Å². The number of fused-ring (bicyclic) bond motifs is 1. The second-order valence-corrected chi connectivity index (χ2v) is 6.42. The van der Waals surface area contributed by atoms with Gasteiger partial charge in [0, 0.05) is 10.9 Å². The molecule has 0 fully saturated rings. The lowest BCUT2D eigenvalue weighted by Crippen LogP contribution is -2.27. The minimum Gasteiger partial charge on any atom is -0.481 e. The van der Waals surface area contributed by atoms with Gasteiger partial charge in [0.25, 0.3) is 0 Å². The number of aliphatic carboxylic acids is 1. The van der Waals surface area contributed by atoms with Crippen molar-refractivity contribution in [1.29, 1.82) is 0 Å². The van der Waals surface area contributed by atoms with E-state index in [1.54, 1.807) is 45.0 Å². The summed E-state index contributed by atoms with van der Waals surface area (Å²) in [5.41, 5.74) is 0.549. The molecular weight excluding hydrogens is 338 g/mol. The van der Waals surface area contributed by atoms with E-state index in [-0.39, 0.29) is 6.42 Å². The van der Waals surface area contributed by atoms with E-state index in [1.807, 2.05) is 0 Å². The van der Waals surface area contributed by atoms with E-state index in [2.05, 4.69) is 15.9 Å². The van der Waals surface area contributed by atoms with E-state index in [0.29, 0.717) is 15.7 Å². The molecule has 112 valence electrons. The van der Waals surface area contributed by atoms with E-state index in [0.717, 1.165) is 5.39 Å². The van der Waals surface area contributed by atoms with Crippen molar-refractivity contribution in [2.24, 2.45) is 0 Å². The van der Waals surface area contributed by atoms with Crippen molar-refractivity contribution in [3.8, 4) is 0 Å². The Morgan fingerprint density at radius 2 is 1.90 bits per heavy atom. The van der Waals surface area contributed by atoms with Gasteiger partial charge < -0.3 is 9.84 Å². The number of carbonyl (C=O) groups excluding carboxylic acids is 1. The van der Waals surface area contributed by atoms with Crippen LogP contribution < -0.4 is 0 Å². The van der Waals surface area contributed by atoms with Gasteiger partial charge in [0.15, 0.2) is 0 Å². The van der Waals surface area contributed by atoms with Crippen LogP contribution in [0.5, 0.6) is 0 Å². The van der Waals surface area contributed by atoms with Crippen molar-refractivity contribution in [3.05, 3.63) is 34.4 Å². The highest BCUT2D eigenvalue weighted by molar-refractivity contribution is 9.10. The van der Waals surface area contributed by atoms with Gasteiger partial charge in [-0.3, -0.25) is 4.79 Å². The zero-order valence-electron chi connectivity index (χ0n) is 12.0. The average Bonchev–Trinajstić information content (AvgIpc) is 2.60. The van der Waals surface area contributed by atoms with Gasteiger partial charge in [0.05, 0.1) is 16.5 Å². The van der Waals surface area contributed by atoms with E-state index >= 15 is 0 Å². The number of carboxylic acid groups (broad SMARTS) is 1. The van der Waals surface area contributed by atoms with Gasteiger partial charge in [-0.05, 0) is 42.8 Å². The molecule has 0 radical (unpaired) electrons.